The number of amides is 1. The Labute approximate surface area is 107 Å². The molecule has 0 spiro atoms. The van der Waals surface area contributed by atoms with E-state index in [1.165, 1.54) is 5.56 Å². The summed E-state index contributed by atoms with van der Waals surface area (Å²) in [5.41, 5.74) is 2.17. The van der Waals surface area contributed by atoms with E-state index in [1.807, 2.05) is 19.2 Å². The van der Waals surface area contributed by atoms with E-state index in [0.29, 0.717) is 0 Å². The van der Waals surface area contributed by atoms with Gasteiger partial charge in [-0.25, -0.2) is 0 Å². The molecule has 0 aromatic heterocycles. The molecule has 0 bridgehead atoms. The Morgan fingerprint density at radius 1 is 1.50 bits per heavy atom. The van der Waals surface area contributed by atoms with E-state index in [4.69, 9.17) is 4.74 Å². The average Bonchev–Trinajstić information content (AvgIpc) is 3.06. The summed E-state index contributed by atoms with van der Waals surface area (Å²) in [6.07, 6.45) is 1.88. The average molecular weight is 246 g/mol. The summed E-state index contributed by atoms with van der Waals surface area (Å²) < 4.78 is 5.48. The number of ether oxygens (including phenoxy) is 1. The van der Waals surface area contributed by atoms with E-state index < -0.39 is 0 Å². The molecule has 3 rings (SSSR count). The van der Waals surface area contributed by atoms with Gasteiger partial charge in [-0.1, -0.05) is 0 Å². The topological polar surface area (TPSA) is 41.6 Å². The number of hydrogen-bond donors (Lipinski definition) is 1. The molecule has 4 nitrogen and oxygen atoms in total. The van der Waals surface area contributed by atoms with E-state index in [1.54, 1.807) is 4.90 Å². The zero-order valence-electron chi connectivity index (χ0n) is 10.6. The van der Waals surface area contributed by atoms with Crippen molar-refractivity contribution in [3.05, 3.63) is 23.8 Å². The predicted molar refractivity (Wildman–Crippen MR) is 70.0 cm³/mol. The Morgan fingerprint density at radius 3 is 3.17 bits per heavy atom. The maximum absolute atomic E-state index is 12.3. The maximum atomic E-state index is 12.3. The molecule has 0 saturated carbocycles. The number of carbonyl (C=O) groups is 1. The summed E-state index contributed by atoms with van der Waals surface area (Å²) in [4.78, 5) is 14.1. The number of anilines is 1. The van der Waals surface area contributed by atoms with Crippen molar-refractivity contribution in [3.8, 4) is 5.75 Å². The predicted octanol–water partition coefficient (Wildman–Crippen LogP) is 1.19. The number of hydrogen-bond acceptors (Lipinski definition) is 3. The quantitative estimate of drug-likeness (QED) is 0.852. The normalized spacial score (nSPS) is 21.5. The van der Waals surface area contributed by atoms with Gasteiger partial charge in [0.25, 0.3) is 0 Å². The molecule has 4 heteroatoms. The van der Waals surface area contributed by atoms with Gasteiger partial charge in [0.2, 0.25) is 5.91 Å². The third kappa shape index (κ3) is 1.97. The van der Waals surface area contributed by atoms with Crippen molar-refractivity contribution in [3.63, 3.8) is 0 Å². The lowest BCUT2D eigenvalue weighted by Gasteiger charge is -2.21. The highest BCUT2D eigenvalue weighted by Crippen LogP contribution is 2.29. The van der Waals surface area contributed by atoms with Crippen LogP contribution in [0.5, 0.6) is 5.75 Å². The Balaban J connectivity index is 1.79. The summed E-state index contributed by atoms with van der Waals surface area (Å²) in [5, 5.41) is 3.23. The van der Waals surface area contributed by atoms with Crippen LogP contribution >= 0.6 is 0 Å². The first-order valence-corrected chi connectivity index (χ1v) is 6.50. The van der Waals surface area contributed by atoms with Gasteiger partial charge < -0.3 is 15.0 Å². The van der Waals surface area contributed by atoms with Crippen LogP contribution in [-0.2, 0) is 11.2 Å². The first-order chi connectivity index (χ1) is 8.75. The summed E-state index contributed by atoms with van der Waals surface area (Å²) in [7, 11) is 1.86. The summed E-state index contributed by atoms with van der Waals surface area (Å²) in [6, 6.07) is 6.00. The van der Waals surface area contributed by atoms with Crippen molar-refractivity contribution in [1.29, 1.82) is 0 Å². The molecule has 18 heavy (non-hydrogen) atoms. The van der Waals surface area contributed by atoms with Gasteiger partial charge in [0.05, 0.1) is 12.5 Å². The fourth-order valence-electron chi connectivity index (χ4n) is 2.65. The van der Waals surface area contributed by atoms with Crippen LogP contribution in [0.4, 0.5) is 5.69 Å². The molecule has 1 atom stereocenters. The minimum absolute atomic E-state index is 0.125. The van der Waals surface area contributed by atoms with Gasteiger partial charge in [0.15, 0.2) is 0 Å². The number of rotatable bonds is 2. The molecule has 1 fully saturated rings. The number of nitrogens with one attached hydrogen (secondary N) is 1. The molecule has 2 heterocycles. The minimum atomic E-state index is 0.125. The van der Waals surface area contributed by atoms with Gasteiger partial charge in [0, 0.05) is 25.7 Å². The van der Waals surface area contributed by atoms with Crippen LogP contribution < -0.4 is 15.0 Å². The van der Waals surface area contributed by atoms with Gasteiger partial charge >= 0.3 is 0 Å². The number of carbonyl (C=O) groups excluding carboxylic acids is 1. The second kappa shape index (κ2) is 4.61. The molecule has 2 aliphatic heterocycles. The zero-order chi connectivity index (χ0) is 12.5. The van der Waals surface area contributed by atoms with Crippen LogP contribution in [0.3, 0.4) is 0 Å². The van der Waals surface area contributed by atoms with Gasteiger partial charge in [-0.3, -0.25) is 4.79 Å². The van der Waals surface area contributed by atoms with Gasteiger partial charge in [0.1, 0.15) is 5.75 Å². The first kappa shape index (κ1) is 11.5. The summed E-state index contributed by atoms with van der Waals surface area (Å²) in [5.74, 6) is 1.29. The lowest BCUT2D eigenvalue weighted by Crippen LogP contribution is -2.33. The third-order valence-electron chi connectivity index (χ3n) is 3.80. The third-order valence-corrected chi connectivity index (χ3v) is 3.80. The molecule has 0 radical (unpaired) electrons. The monoisotopic (exact) mass is 246 g/mol. The Kier molecular flexibility index (Phi) is 2.96. The van der Waals surface area contributed by atoms with Crippen molar-refractivity contribution in [2.45, 2.75) is 12.8 Å². The number of fused-ring (bicyclic) bond motifs is 1. The van der Waals surface area contributed by atoms with Crippen LogP contribution in [-0.4, -0.2) is 32.7 Å². The highest BCUT2D eigenvalue weighted by molar-refractivity contribution is 5.95. The molecule has 1 unspecified atom stereocenters. The van der Waals surface area contributed by atoms with Crippen LogP contribution in [0.15, 0.2) is 18.2 Å². The van der Waals surface area contributed by atoms with Crippen molar-refractivity contribution >= 4 is 11.6 Å². The van der Waals surface area contributed by atoms with Crippen molar-refractivity contribution in [2.24, 2.45) is 5.92 Å². The largest absolute Gasteiger partial charge is 0.493 e. The molecule has 0 aliphatic carbocycles. The number of benzene rings is 1. The van der Waals surface area contributed by atoms with E-state index in [0.717, 1.165) is 44.0 Å². The first-order valence-electron chi connectivity index (χ1n) is 6.50. The molecule has 1 N–H and O–H groups in total. The maximum Gasteiger partial charge on any atom is 0.231 e. The molecule has 1 saturated heterocycles. The van der Waals surface area contributed by atoms with Crippen LogP contribution in [0.25, 0.3) is 0 Å². The van der Waals surface area contributed by atoms with E-state index >= 15 is 0 Å². The molecule has 1 amide bonds. The smallest absolute Gasteiger partial charge is 0.231 e. The van der Waals surface area contributed by atoms with E-state index in [9.17, 15) is 4.79 Å². The molecule has 1 aromatic rings. The van der Waals surface area contributed by atoms with Gasteiger partial charge in [-0.2, -0.15) is 0 Å². The SMILES string of the molecule is CN(C(=O)C1CCNC1)c1ccc2c(c1)CCO2. The highest BCUT2D eigenvalue weighted by atomic mass is 16.5. The summed E-state index contributed by atoms with van der Waals surface area (Å²) in [6.45, 7) is 2.50. The Bertz CT molecular complexity index is 467. The molecular formula is C14H18N2O2. The van der Waals surface area contributed by atoms with Gasteiger partial charge in [-0.05, 0) is 36.7 Å². The summed E-state index contributed by atoms with van der Waals surface area (Å²) >= 11 is 0. The molecule has 1 aromatic carbocycles. The van der Waals surface area contributed by atoms with Crippen LogP contribution in [0, 0.1) is 5.92 Å². The lowest BCUT2D eigenvalue weighted by atomic mass is 10.1. The van der Waals surface area contributed by atoms with Crippen molar-refractivity contribution < 1.29 is 9.53 Å². The Hall–Kier alpha value is -1.55. The molecule has 2 aliphatic rings. The fraction of sp³-hybridized carbons (Fsp3) is 0.500. The second-order valence-electron chi connectivity index (χ2n) is 4.98. The Morgan fingerprint density at radius 2 is 2.39 bits per heavy atom. The van der Waals surface area contributed by atoms with E-state index in [2.05, 4.69) is 11.4 Å². The lowest BCUT2D eigenvalue weighted by molar-refractivity contribution is -0.121. The van der Waals surface area contributed by atoms with Gasteiger partial charge in [-0.15, -0.1) is 0 Å². The molecular weight excluding hydrogens is 228 g/mol. The van der Waals surface area contributed by atoms with E-state index in [-0.39, 0.29) is 11.8 Å². The number of nitrogens with zero attached hydrogens (tertiary/aromatic N) is 1. The highest BCUT2D eigenvalue weighted by Gasteiger charge is 2.26. The van der Waals surface area contributed by atoms with Crippen LogP contribution in [0.1, 0.15) is 12.0 Å². The molecule has 96 valence electrons. The van der Waals surface area contributed by atoms with Crippen molar-refractivity contribution in [1.82, 2.24) is 5.32 Å². The standard InChI is InChI=1S/C14H18N2O2/c1-16(14(17)11-4-6-15-9-11)12-2-3-13-10(8-12)5-7-18-13/h2-3,8,11,15H,4-7,9H2,1H3. The fourth-order valence-corrected chi connectivity index (χ4v) is 2.65. The minimum Gasteiger partial charge on any atom is -0.493 e. The van der Waals surface area contributed by atoms with Crippen molar-refractivity contribution in [2.75, 3.05) is 31.6 Å². The second-order valence-corrected chi connectivity index (χ2v) is 4.98. The zero-order valence-corrected chi connectivity index (χ0v) is 10.6. The van der Waals surface area contributed by atoms with Crippen LogP contribution in [0.2, 0.25) is 0 Å².